The van der Waals surface area contributed by atoms with Crippen LogP contribution in [0.5, 0.6) is 0 Å². The summed E-state index contributed by atoms with van der Waals surface area (Å²) in [5.74, 6) is 1.12. The molecular weight excluding hydrogens is 220 g/mol. The molecule has 1 fully saturated rings. The first-order valence-electron chi connectivity index (χ1n) is 6.66. The van der Waals surface area contributed by atoms with Gasteiger partial charge in [0.25, 0.3) is 0 Å². The van der Waals surface area contributed by atoms with E-state index in [0.29, 0.717) is 5.41 Å². The van der Waals surface area contributed by atoms with Crippen molar-refractivity contribution in [3.63, 3.8) is 0 Å². The quantitative estimate of drug-likeness (QED) is 0.754. The number of hydrogen-bond donors (Lipinski definition) is 0. The molecule has 1 aromatic heterocycles. The Morgan fingerprint density at radius 3 is 2.83 bits per heavy atom. The number of aryl methyl sites for hydroxylation is 1. The van der Waals surface area contributed by atoms with Crippen LogP contribution in [0, 0.1) is 12.3 Å². The summed E-state index contributed by atoms with van der Waals surface area (Å²) in [6.45, 7) is 9.04. The zero-order valence-corrected chi connectivity index (χ0v) is 11.4. The number of anilines is 1. The summed E-state index contributed by atoms with van der Waals surface area (Å²) in [5, 5.41) is 2.56. The molecule has 0 saturated carbocycles. The van der Waals surface area contributed by atoms with Crippen LogP contribution in [0.2, 0.25) is 0 Å². The third-order valence-electron chi connectivity index (χ3n) is 3.97. The van der Waals surface area contributed by atoms with Gasteiger partial charge in [-0.05, 0) is 35.8 Å². The molecule has 3 rings (SSSR count). The first kappa shape index (κ1) is 11.5. The zero-order chi connectivity index (χ0) is 12.8. The van der Waals surface area contributed by atoms with Crippen LogP contribution in [0.3, 0.4) is 0 Å². The first-order valence-corrected chi connectivity index (χ1v) is 6.66. The van der Waals surface area contributed by atoms with Gasteiger partial charge in [-0.15, -0.1) is 0 Å². The number of hydrogen-bond acceptors (Lipinski definition) is 2. The van der Waals surface area contributed by atoms with E-state index < -0.39 is 0 Å². The van der Waals surface area contributed by atoms with E-state index in [4.69, 9.17) is 0 Å². The number of aromatic nitrogens is 1. The average molecular weight is 240 g/mol. The van der Waals surface area contributed by atoms with Crippen LogP contribution >= 0.6 is 0 Å². The monoisotopic (exact) mass is 240 g/mol. The van der Waals surface area contributed by atoms with Gasteiger partial charge in [0.15, 0.2) is 0 Å². The molecule has 0 spiro atoms. The molecule has 1 saturated heterocycles. The molecule has 2 aromatic rings. The molecule has 2 heterocycles. The second kappa shape index (κ2) is 3.98. The van der Waals surface area contributed by atoms with E-state index in [0.717, 1.165) is 18.9 Å². The molecule has 1 aromatic carbocycles. The van der Waals surface area contributed by atoms with Gasteiger partial charge >= 0.3 is 0 Å². The van der Waals surface area contributed by atoms with Crippen LogP contribution in [0.4, 0.5) is 5.82 Å². The Labute approximate surface area is 109 Å². The molecule has 0 N–H and O–H groups in total. The van der Waals surface area contributed by atoms with Gasteiger partial charge in [-0.25, -0.2) is 4.98 Å². The molecule has 18 heavy (non-hydrogen) atoms. The van der Waals surface area contributed by atoms with Gasteiger partial charge in [-0.3, -0.25) is 0 Å². The SMILES string of the molecule is Cc1cccc2cc(N3CCC(C)(C)C3)ncc12. The van der Waals surface area contributed by atoms with Crippen molar-refractivity contribution in [3.8, 4) is 0 Å². The van der Waals surface area contributed by atoms with Crippen LogP contribution in [-0.4, -0.2) is 18.1 Å². The summed E-state index contributed by atoms with van der Waals surface area (Å²) in [6.07, 6.45) is 3.27. The highest BCUT2D eigenvalue weighted by molar-refractivity contribution is 5.86. The maximum atomic E-state index is 4.64. The minimum atomic E-state index is 0.420. The van der Waals surface area contributed by atoms with E-state index in [-0.39, 0.29) is 0 Å². The Morgan fingerprint density at radius 1 is 1.28 bits per heavy atom. The summed E-state index contributed by atoms with van der Waals surface area (Å²) >= 11 is 0. The molecule has 2 nitrogen and oxygen atoms in total. The van der Waals surface area contributed by atoms with Gasteiger partial charge in [-0.2, -0.15) is 0 Å². The van der Waals surface area contributed by atoms with Crippen molar-refractivity contribution >= 4 is 16.6 Å². The predicted octanol–water partition coefficient (Wildman–Crippen LogP) is 3.78. The predicted molar refractivity (Wildman–Crippen MR) is 77.1 cm³/mol. The fourth-order valence-electron chi connectivity index (χ4n) is 2.79. The standard InChI is InChI=1S/C16H20N2/c1-12-5-4-6-13-9-15(17-10-14(12)13)18-8-7-16(2,3)11-18/h4-6,9-10H,7-8,11H2,1-3H3. The highest BCUT2D eigenvalue weighted by atomic mass is 15.2. The summed E-state index contributed by atoms with van der Waals surface area (Å²) in [7, 11) is 0. The van der Waals surface area contributed by atoms with Crippen molar-refractivity contribution < 1.29 is 0 Å². The van der Waals surface area contributed by atoms with Gasteiger partial charge in [-0.1, -0.05) is 32.0 Å². The topological polar surface area (TPSA) is 16.1 Å². The Morgan fingerprint density at radius 2 is 2.11 bits per heavy atom. The van der Waals surface area contributed by atoms with Crippen molar-refractivity contribution in [3.05, 3.63) is 36.0 Å². The van der Waals surface area contributed by atoms with Crippen molar-refractivity contribution in [2.75, 3.05) is 18.0 Å². The summed E-state index contributed by atoms with van der Waals surface area (Å²) in [6, 6.07) is 8.66. The van der Waals surface area contributed by atoms with Crippen LogP contribution < -0.4 is 4.90 Å². The van der Waals surface area contributed by atoms with E-state index in [9.17, 15) is 0 Å². The van der Waals surface area contributed by atoms with Gasteiger partial charge in [0, 0.05) is 24.7 Å². The Hall–Kier alpha value is -1.57. The number of benzene rings is 1. The van der Waals surface area contributed by atoms with Gasteiger partial charge in [0.05, 0.1) is 0 Å². The second-order valence-corrected chi connectivity index (χ2v) is 6.17. The maximum Gasteiger partial charge on any atom is 0.129 e. The Bertz CT molecular complexity index is 587. The largest absolute Gasteiger partial charge is 0.356 e. The molecule has 0 atom stereocenters. The van der Waals surface area contributed by atoms with Crippen LogP contribution in [0.25, 0.3) is 10.8 Å². The molecule has 0 aliphatic carbocycles. The first-order chi connectivity index (χ1) is 8.55. The van der Waals surface area contributed by atoms with E-state index in [2.05, 4.69) is 54.9 Å². The highest BCUT2D eigenvalue weighted by Gasteiger charge is 2.29. The van der Waals surface area contributed by atoms with Gasteiger partial charge < -0.3 is 4.90 Å². The van der Waals surface area contributed by atoms with Crippen molar-refractivity contribution in [1.82, 2.24) is 4.98 Å². The third-order valence-corrected chi connectivity index (χ3v) is 3.97. The van der Waals surface area contributed by atoms with E-state index in [1.165, 1.54) is 22.8 Å². The molecule has 1 aliphatic heterocycles. The van der Waals surface area contributed by atoms with E-state index in [1.54, 1.807) is 0 Å². The highest BCUT2D eigenvalue weighted by Crippen LogP contribution is 2.32. The minimum absolute atomic E-state index is 0.420. The second-order valence-electron chi connectivity index (χ2n) is 6.17. The molecular formula is C16H20N2. The van der Waals surface area contributed by atoms with Crippen molar-refractivity contribution in [2.45, 2.75) is 27.2 Å². The zero-order valence-electron chi connectivity index (χ0n) is 11.4. The number of nitrogens with zero attached hydrogens (tertiary/aromatic N) is 2. The molecule has 0 unspecified atom stereocenters. The van der Waals surface area contributed by atoms with Crippen LogP contribution in [-0.2, 0) is 0 Å². The lowest BCUT2D eigenvalue weighted by molar-refractivity contribution is 0.418. The molecule has 0 amide bonds. The van der Waals surface area contributed by atoms with E-state index >= 15 is 0 Å². The lowest BCUT2D eigenvalue weighted by Crippen LogP contribution is -2.23. The summed E-state index contributed by atoms with van der Waals surface area (Å²) < 4.78 is 0. The normalized spacial score (nSPS) is 18.5. The number of fused-ring (bicyclic) bond motifs is 1. The third kappa shape index (κ3) is 1.96. The van der Waals surface area contributed by atoms with Gasteiger partial charge in [0.1, 0.15) is 5.82 Å². The van der Waals surface area contributed by atoms with E-state index in [1.807, 2.05) is 6.20 Å². The smallest absolute Gasteiger partial charge is 0.129 e. The lowest BCUT2D eigenvalue weighted by Gasteiger charge is -2.21. The lowest BCUT2D eigenvalue weighted by atomic mass is 9.93. The fraction of sp³-hybridized carbons (Fsp3) is 0.438. The number of rotatable bonds is 1. The fourth-order valence-corrected chi connectivity index (χ4v) is 2.79. The summed E-state index contributed by atoms with van der Waals surface area (Å²) in [5.41, 5.74) is 1.72. The Kier molecular flexibility index (Phi) is 2.54. The number of pyridine rings is 1. The van der Waals surface area contributed by atoms with Crippen LogP contribution in [0.1, 0.15) is 25.8 Å². The summed E-state index contributed by atoms with van der Waals surface area (Å²) in [4.78, 5) is 7.05. The molecule has 0 radical (unpaired) electrons. The van der Waals surface area contributed by atoms with Crippen molar-refractivity contribution in [1.29, 1.82) is 0 Å². The average Bonchev–Trinajstić information content (AvgIpc) is 2.70. The Balaban J connectivity index is 1.99. The van der Waals surface area contributed by atoms with Crippen molar-refractivity contribution in [2.24, 2.45) is 5.41 Å². The molecule has 1 aliphatic rings. The minimum Gasteiger partial charge on any atom is -0.356 e. The maximum absolute atomic E-state index is 4.64. The molecule has 0 bridgehead atoms. The van der Waals surface area contributed by atoms with Crippen LogP contribution in [0.15, 0.2) is 30.5 Å². The molecule has 2 heteroatoms. The van der Waals surface area contributed by atoms with Gasteiger partial charge in [0.2, 0.25) is 0 Å². The molecule has 94 valence electrons.